The van der Waals surface area contributed by atoms with Gasteiger partial charge in [-0.1, -0.05) is 0 Å². The van der Waals surface area contributed by atoms with E-state index in [2.05, 4.69) is 20.9 Å². The second kappa shape index (κ2) is 9.53. The number of amides is 2. The molecule has 2 amide bonds. The molecule has 2 aromatic heterocycles. The van der Waals surface area contributed by atoms with Crippen molar-refractivity contribution in [3.05, 3.63) is 23.5 Å². The van der Waals surface area contributed by atoms with Crippen LogP contribution >= 0.6 is 0 Å². The number of nitrogens with one attached hydrogen (secondary N) is 2. The summed E-state index contributed by atoms with van der Waals surface area (Å²) in [6, 6.07) is 0.0586. The molecule has 188 valence electrons. The maximum atomic E-state index is 11.7. The number of pyridine rings is 1. The fraction of sp³-hybridized carbons (Fsp3) is 0.522. The van der Waals surface area contributed by atoms with Crippen molar-refractivity contribution in [3.63, 3.8) is 0 Å². The van der Waals surface area contributed by atoms with Gasteiger partial charge in [-0.3, -0.25) is 24.7 Å². The highest BCUT2D eigenvalue weighted by Gasteiger charge is 2.40. The Bertz CT molecular complexity index is 1180. The van der Waals surface area contributed by atoms with Crippen LogP contribution in [-0.4, -0.2) is 49.3 Å². The number of aromatic nitrogens is 3. The van der Waals surface area contributed by atoms with Crippen molar-refractivity contribution in [1.82, 2.24) is 20.2 Å². The van der Waals surface area contributed by atoms with Crippen LogP contribution in [0.25, 0.3) is 16.7 Å². The Morgan fingerprint density at radius 2 is 1.89 bits per heavy atom. The van der Waals surface area contributed by atoms with Crippen LogP contribution in [0.5, 0.6) is 0 Å². The number of aliphatic carboxylic acids is 1. The number of anilines is 1. The van der Waals surface area contributed by atoms with Crippen molar-refractivity contribution in [1.29, 1.82) is 0 Å². The zero-order chi connectivity index (χ0) is 25.3. The van der Waals surface area contributed by atoms with Gasteiger partial charge in [0.25, 0.3) is 0 Å². The minimum absolute atomic E-state index is 0.0586. The van der Waals surface area contributed by atoms with Gasteiger partial charge in [-0.25, -0.2) is 9.67 Å². The van der Waals surface area contributed by atoms with Crippen LogP contribution in [0, 0.1) is 12.8 Å². The Morgan fingerprint density at radius 1 is 1.23 bits per heavy atom. The summed E-state index contributed by atoms with van der Waals surface area (Å²) >= 11 is 0. The Morgan fingerprint density at radius 3 is 2.46 bits per heavy atom. The molecular formula is C23H31N7O5. The number of primary amides is 2. The predicted molar refractivity (Wildman–Crippen MR) is 127 cm³/mol. The van der Waals surface area contributed by atoms with E-state index in [1.165, 1.54) is 0 Å². The Labute approximate surface area is 202 Å². The average molecular weight is 486 g/mol. The predicted octanol–water partition coefficient (Wildman–Crippen LogP) is 1.18. The van der Waals surface area contributed by atoms with Gasteiger partial charge in [0.15, 0.2) is 5.65 Å². The standard InChI is InChI=1S/C23H31N7O5/c1-3-30-21-19(12(2)28-30)20(27-14-6-4-13(5-7-14)22(33)34)15(11-26-21)16-8-23(35-29-16,9-17(24)31)10-18(25)32/h8,11,13-14,29H,3-7,9-10H2,1-2H3,(H2,24,31)(H2,25,32)(H,26,27)(H,33,34). The molecule has 4 rings (SSSR count). The van der Waals surface area contributed by atoms with E-state index in [1.807, 2.05) is 18.5 Å². The van der Waals surface area contributed by atoms with Crippen LogP contribution in [0.4, 0.5) is 5.69 Å². The molecule has 2 aliphatic rings. The number of carbonyl (C=O) groups excluding carboxylic acids is 2. The molecule has 0 bridgehead atoms. The van der Waals surface area contributed by atoms with Crippen molar-refractivity contribution < 1.29 is 24.3 Å². The smallest absolute Gasteiger partial charge is 0.306 e. The highest BCUT2D eigenvalue weighted by atomic mass is 16.7. The Balaban J connectivity index is 1.76. The van der Waals surface area contributed by atoms with E-state index in [0.29, 0.717) is 43.5 Å². The van der Waals surface area contributed by atoms with E-state index < -0.39 is 23.4 Å². The van der Waals surface area contributed by atoms with Crippen LogP contribution in [-0.2, 0) is 25.8 Å². The molecule has 3 heterocycles. The molecule has 12 nitrogen and oxygen atoms in total. The molecule has 1 aliphatic heterocycles. The first-order valence-electron chi connectivity index (χ1n) is 11.7. The topological polar surface area (TPSA) is 187 Å². The largest absolute Gasteiger partial charge is 0.481 e. The van der Waals surface area contributed by atoms with Crippen molar-refractivity contribution in [2.45, 2.75) is 70.6 Å². The molecule has 7 N–H and O–H groups in total. The molecule has 0 atom stereocenters. The Kier molecular flexibility index (Phi) is 6.66. The van der Waals surface area contributed by atoms with Gasteiger partial charge >= 0.3 is 5.97 Å². The van der Waals surface area contributed by atoms with Crippen molar-refractivity contribution >= 4 is 40.2 Å². The SMILES string of the molecule is CCn1nc(C)c2c(NC3CCC(C(=O)O)CC3)c(C3=CC(CC(N)=O)(CC(N)=O)ON3)cnc21. The van der Waals surface area contributed by atoms with Crippen LogP contribution in [0.3, 0.4) is 0 Å². The quantitative estimate of drug-likeness (QED) is 0.347. The summed E-state index contributed by atoms with van der Waals surface area (Å²) in [6.45, 7) is 4.53. The van der Waals surface area contributed by atoms with E-state index in [1.54, 1.807) is 12.3 Å². The number of nitrogens with zero attached hydrogens (tertiary/aromatic N) is 3. The fourth-order valence-corrected chi connectivity index (χ4v) is 5.02. The van der Waals surface area contributed by atoms with Gasteiger partial charge in [0.05, 0.1) is 41.2 Å². The number of nitrogens with two attached hydrogens (primary N) is 2. The number of hydroxylamine groups is 1. The molecule has 2 aromatic rings. The number of hydrogen-bond donors (Lipinski definition) is 5. The van der Waals surface area contributed by atoms with Crippen LogP contribution in [0.2, 0.25) is 0 Å². The van der Waals surface area contributed by atoms with E-state index in [0.717, 1.165) is 22.4 Å². The maximum absolute atomic E-state index is 11.7. The molecular weight excluding hydrogens is 454 g/mol. The number of carboxylic acid groups (broad SMARTS) is 1. The summed E-state index contributed by atoms with van der Waals surface area (Å²) in [5, 5.41) is 18.4. The minimum atomic E-state index is -1.30. The second-order valence-electron chi connectivity index (χ2n) is 9.29. The number of hydrogen-bond acceptors (Lipinski definition) is 8. The van der Waals surface area contributed by atoms with Gasteiger partial charge in [0, 0.05) is 24.3 Å². The summed E-state index contributed by atoms with van der Waals surface area (Å²) in [4.78, 5) is 45.1. The third-order valence-electron chi connectivity index (χ3n) is 6.67. The normalized spacial score (nSPS) is 21.4. The van der Waals surface area contributed by atoms with E-state index >= 15 is 0 Å². The fourth-order valence-electron chi connectivity index (χ4n) is 5.02. The second-order valence-corrected chi connectivity index (χ2v) is 9.29. The van der Waals surface area contributed by atoms with E-state index in [-0.39, 0.29) is 24.8 Å². The van der Waals surface area contributed by atoms with Crippen LogP contribution in [0.1, 0.15) is 56.7 Å². The lowest BCUT2D eigenvalue weighted by molar-refractivity contribution is -0.142. The summed E-state index contributed by atoms with van der Waals surface area (Å²) < 4.78 is 1.82. The molecule has 0 saturated heterocycles. The average Bonchev–Trinajstić information content (AvgIpc) is 3.34. The summed E-state index contributed by atoms with van der Waals surface area (Å²) in [7, 11) is 0. The van der Waals surface area contributed by atoms with Gasteiger partial charge in [-0.15, -0.1) is 0 Å². The summed E-state index contributed by atoms with van der Waals surface area (Å²) in [6.07, 6.45) is 5.48. The van der Waals surface area contributed by atoms with E-state index in [4.69, 9.17) is 16.3 Å². The van der Waals surface area contributed by atoms with Gasteiger partial charge < -0.3 is 21.9 Å². The number of carboxylic acids is 1. The molecule has 0 radical (unpaired) electrons. The lowest BCUT2D eigenvalue weighted by Gasteiger charge is -2.29. The monoisotopic (exact) mass is 485 g/mol. The van der Waals surface area contributed by atoms with Gasteiger partial charge in [-0.05, 0) is 45.6 Å². The number of fused-ring (bicyclic) bond motifs is 1. The molecule has 0 unspecified atom stereocenters. The molecule has 0 aromatic carbocycles. The Hall–Kier alpha value is -3.67. The van der Waals surface area contributed by atoms with Crippen molar-refractivity contribution in [3.8, 4) is 0 Å². The molecule has 12 heteroatoms. The van der Waals surface area contributed by atoms with Crippen LogP contribution in [0.15, 0.2) is 12.3 Å². The van der Waals surface area contributed by atoms with Gasteiger partial charge in [0.2, 0.25) is 11.8 Å². The first kappa shape index (κ1) is 24.5. The first-order chi connectivity index (χ1) is 16.6. The molecule has 1 saturated carbocycles. The zero-order valence-electron chi connectivity index (χ0n) is 19.8. The molecule has 1 aliphatic carbocycles. The molecule has 0 spiro atoms. The minimum Gasteiger partial charge on any atom is -0.481 e. The van der Waals surface area contributed by atoms with E-state index in [9.17, 15) is 19.5 Å². The maximum Gasteiger partial charge on any atom is 0.306 e. The van der Waals surface area contributed by atoms with Crippen LogP contribution < -0.4 is 22.3 Å². The first-order valence-corrected chi connectivity index (χ1v) is 11.7. The van der Waals surface area contributed by atoms with Crippen molar-refractivity contribution in [2.75, 3.05) is 5.32 Å². The zero-order valence-corrected chi connectivity index (χ0v) is 19.8. The number of carbonyl (C=O) groups is 3. The number of aryl methyl sites for hydroxylation is 2. The highest BCUT2D eigenvalue weighted by molar-refractivity contribution is 5.98. The van der Waals surface area contributed by atoms with Crippen molar-refractivity contribution in [2.24, 2.45) is 17.4 Å². The van der Waals surface area contributed by atoms with Gasteiger partial charge in [-0.2, -0.15) is 5.10 Å². The third-order valence-corrected chi connectivity index (χ3v) is 6.67. The number of rotatable bonds is 9. The lowest BCUT2D eigenvalue weighted by atomic mass is 9.86. The van der Waals surface area contributed by atoms with Gasteiger partial charge in [0.1, 0.15) is 5.60 Å². The highest BCUT2D eigenvalue weighted by Crippen LogP contribution is 2.39. The summed E-state index contributed by atoms with van der Waals surface area (Å²) in [5.74, 6) is -2.35. The molecule has 1 fully saturated rings. The molecule has 35 heavy (non-hydrogen) atoms. The third kappa shape index (κ3) is 4.92. The summed E-state index contributed by atoms with van der Waals surface area (Å²) in [5.41, 5.74) is 15.8. The lowest BCUT2D eigenvalue weighted by Crippen LogP contribution is -2.38.